The van der Waals surface area contributed by atoms with Crippen molar-refractivity contribution in [2.24, 2.45) is 5.73 Å². The zero-order valence-corrected chi connectivity index (χ0v) is 13.3. The summed E-state index contributed by atoms with van der Waals surface area (Å²) >= 11 is 4.82. The molecule has 0 fully saturated rings. The normalized spacial score (nSPS) is 9.50. The van der Waals surface area contributed by atoms with Crippen LogP contribution < -0.4 is 32.3 Å². The first-order chi connectivity index (χ1) is 11.6. The highest BCUT2D eigenvalue weighted by molar-refractivity contribution is 7.80. The zero-order valence-electron chi connectivity index (χ0n) is 12.5. The van der Waals surface area contributed by atoms with Crippen LogP contribution in [0, 0.1) is 0 Å². The molecule has 24 heavy (non-hydrogen) atoms. The van der Waals surface area contributed by atoms with Gasteiger partial charge in [0.2, 0.25) is 6.41 Å². The van der Waals surface area contributed by atoms with Gasteiger partial charge in [-0.15, -0.1) is 0 Å². The molecule has 0 aliphatic heterocycles. The molecular weight excluding hydrogens is 328 g/mol. The predicted molar refractivity (Wildman–Crippen MR) is 97.1 cm³/mol. The van der Waals surface area contributed by atoms with Gasteiger partial charge >= 0.3 is 6.03 Å². The second-order valence-corrected chi connectivity index (χ2v) is 4.98. The number of carbonyl (C=O) groups excluding carboxylic acids is 2. The number of benzene rings is 2. The molecule has 0 aliphatic carbocycles. The van der Waals surface area contributed by atoms with Gasteiger partial charge in [-0.2, -0.15) is 0 Å². The average Bonchev–Trinajstić information content (AvgIpc) is 2.59. The number of hydrazine groups is 2. The van der Waals surface area contributed by atoms with Crippen LogP contribution in [-0.2, 0) is 4.79 Å². The van der Waals surface area contributed by atoms with E-state index in [1.165, 1.54) is 5.01 Å². The van der Waals surface area contributed by atoms with E-state index in [1.807, 2.05) is 6.07 Å². The highest BCUT2D eigenvalue weighted by Gasteiger charge is 2.16. The average molecular weight is 344 g/mol. The quantitative estimate of drug-likeness (QED) is 0.320. The molecule has 0 heterocycles. The van der Waals surface area contributed by atoms with E-state index in [-0.39, 0.29) is 5.11 Å². The predicted octanol–water partition coefficient (Wildman–Crippen LogP) is 1.55. The molecule has 0 saturated heterocycles. The van der Waals surface area contributed by atoms with Crippen molar-refractivity contribution in [2.45, 2.75) is 0 Å². The smallest absolute Gasteiger partial charge is 0.345 e. The molecule has 0 aliphatic rings. The van der Waals surface area contributed by atoms with Crippen LogP contribution >= 0.6 is 12.2 Å². The van der Waals surface area contributed by atoms with Gasteiger partial charge in [-0.3, -0.25) is 21.1 Å². The van der Waals surface area contributed by atoms with Crippen molar-refractivity contribution in [3.63, 3.8) is 0 Å². The number of hydrogen-bond acceptors (Lipinski definition) is 4. The van der Waals surface area contributed by atoms with E-state index < -0.39 is 6.03 Å². The number of para-hydroxylation sites is 1. The Bertz CT molecular complexity index is 708. The molecule has 0 aromatic heterocycles. The number of anilines is 3. The minimum Gasteiger partial charge on any atom is -0.375 e. The third-order valence-corrected chi connectivity index (χ3v) is 2.94. The summed E-state index contributed by atoms with van der Waals surface area (Å²) in [5.41, 5.74) is 14.9. The van der Waals surface area contributed by atoms with Crippen molar-refractivity contribution in [2.75, 3.05) is 15.8 Å². The number of urea groups is 1. The molecule has 3 amide bonds. The fourth-order valence-electron chi connectivity index (χ4n) is 1.85. The van der Waals surface area contributed by atoms with Crippen molar-refractivity contribution in [1.82, 2.24) is 10.9 Å². The van der Waals surface area contributed by atoms with Gasteiger partial charge in [0.15, 0.2) is 5.11 Å². The van der Waals surface area contributed by atoms with E-state index >= 15 is 0 Å². The lowest BCUT2D eigenvalue weighted by Gasteiger charge is -2.24. The molecule has 0 unspecified atom stereocenters. The van der Waals surface area contributed by atoms with Gasteiger partial charge in [-0.05, 0) is 48.6 Å². The minimum atomic E-state index is -0.458. The molecule has 124 valence electrons. The maximum atomic E-state index is 12.5. The Morgan fingerprint density at radius 3 is 2.29 bits per heavy atom. The number of rotatable bonds is 5. The van der Waals surface area contributed by atoms with Crippen LogP contribution in [0.5, 0.6) is 0 Å². The molecule has 0 radical (unpaired) electrons. The number of hydrogen-bond donors (Lipinski definition) is 5. The van der Waals surface area contributed by atoms with Gasteiger partial charge in [0, 0.05) is 5.69 Å². The number of nitrogens with zero attached hydrogens (tertiary/aromatic N) is 1. The Balaban J connectivity index is 2.16. The molecule has 0 saturated carbocycles. The highest BCUT2D eigenvalue weighted by Crippen LogP contribution is 2.17. The van der Waals surface area contributed by atoms with Gasteiger partial charge in [0.25, 0.3) is 0 Å². The lowest BCUT2D eigenvalue weighted by molar-refractivity contribution is -0.109. The van der Waals surface area contributed by atoms with E-state index in [1.54, 1.807) is 48.5 Å². The maximum absolute atomic E-state index is 12.5. The van der Waals surface area contributed by atoms with Gasteiger partial charge < -0.3 is 11.1 Å². The molecule has 0 atom stereocenters. The maximum Gasteiger partial charge on any atom is 0.345 e. The molecule has 8 nitrogen and oxygen atoms in total. The standard InChI is InChI=1S/C15H16N6O2S/c16-14(24)20-21(15(23)18-11-4-2-1-3-5-11)13-8-6-12(7-9-13)19-17-10-22/h1-10,19H,(H,17,22)(H,18,23)(H3,16,20,24). The van der Waals surface area contributed by atoms with Gasteiger partial charge in [0.1, 0.15) is 0 Å². The number of nitrogens with one attached hydrogen (secondary N) is 4. The van der Waals surface area contributed by atoms with Gasteiger partial charge in [-0.1, -0.05) is 18.2 Å². The molecule has 6 N–H and O–H groups in total. The Labute approximate surface area is 144 Å². The fraction of sp³-hybridized carbons (Fsp3) is 0. The van der Waals surface area contributed by atoms with Crippen LogP contribution in [0.3, 0.4) is 0 Å². The Kier molecular flexibility index (Phi) is 5.92. The highest BCUT2D eigenvalue weighted by atomic mass is 32.1. The van der Waals surface area contributed by atoms with Crippen molar-refractivity contribution in [1.29, 1.82) is 0 Å². The zero-order chi connectivity index (χ0) is 17.4. The first-order valence-corrected chi connectivity index (χ1v) is 7.28. The van der Waals surface area contributed by atoms with E-state index in [4.69, 9.17) is 18.0 Å². The minimum absolute atomic E-state index is 0.0527. The Hall–Kier alpha value is -3.33. The summed E-state index contributed by atoms with van der Waals surface area (Å²) in [6, 6.07) is 15.2. The molecule has 2 aromatic rings. The van der Waals surface area contributed by atoms with E-state index in [9.17, 15) is 9.59 Å². The van der Waals surface area contributed by atoms with Crippen LogP contribution in [-0.4, -0.2) is 17.6 Å². The topological polar surface area (TPSA) is 112 Å². The van der Waals surface area contributed by atoms with Crippen molar-refractivity contribution >= 4 is 46.8 Å². The van der Waals surface area contributed by atoms with E-state index in [2.05, 4.69) is 21.6 Å². The van der Waals surface area contributed by atoms with Crippen molar-refractivity contribution in [3.8, 4) is 0 Å². The first kappa shape index (κ1) is 17.0. The second-order valence-electron chi connectivity index (χ2n) is 4.54. The third-order valence-electron chi connectivity index (χ3n) is 2.85. The van der Waals surface area contributed by atoms with Gasteiger partial charge in [0.05, 0.1) is 11.4 Å². The number of nitrogens with two attached hydrogens (primary N) is 1. The van der Waals surface area contributed by atoms with Crippen molar-refractivity contribution < 1.29 is 9.59 Å². The molecule has 2 aromatic carbocycles. The van der Waals surface area contributed by atoms with E-state index in [0.29, 0.717) is 23.5 Å². The lowest BCUT2D eigenvalue weighted by Crippen LogP contribution is -2.50. The van der Waals surface area contributed by atoms with E-state index in [0.717, 1.165) is 0 Å². The van der Waals surface area contributed by atoms with Gasteiger partial charge in [-0.25, -0.2) is 9.80 Å². The first-order valence-electron chi connectivity index (χ1n) is 6.87. The Morgan fingerprint density at radius 1 is 1.04 bits per heavy atom. The summed E-state index contributed by atoms with van der Waals surface area (Å²) in [6.07, 6.45) is 0.516. The van der Waals surface area contributed by atoms with Crippen molar-refractivity contribution in [3.05, 3.63) is 54.6 Å². The second kappa shape index (κ2) is 8.34. The SMILES string of the molecule is NC(=S)NN(C(=O)Nc1ccccc1)c1ccc(NNC=O)cc1. The molecule has 9 heteroatoms. The van der Waals surface area contributed by atoms with Crippen LogP contribution in [0.15, 0.2) is 54.6 Å². The summed E-state index contributed by atoms with van der Waals surface area (Å²) in [5.74, 6) is 0. The largest absolute Gasteiger partial charge is 0.375 e. The van der Waals surface area contributed by atoms with Crippen LogP contribution in [0.25, 0.3) is 0 Å². The molecule has 0 spiro atoms. The third kappa shape index (κ3) is 4.85. The summed E-state index contributed by atoms with van der Waals surface area (Å²) in [6.45, 7) is 0. The van der Waals surface area contributed by atoms with Crippen LogP contribution in [0.4, 0.5) is 21.9 Å². The number of thiocarbonyl (C=S) groups is 1. The molecule has 2 rings (SSSR count). The lowest BCUT2D eigenvalue weighted by atomic mass is 10.3. The number of amides is 3. The molecule has 0 bridgehead atoms. The monoisotopic (exact) mass is 344 g/mol. The van der Waals surface area contributed by atoms with Crippen LogP contribution in [0.2, 0.25) is 0 Å². The molecular formula is C15H16N6O2S. The summed E-state index contributed by atoms with van der Waals surface area (Å²) in [7, 11) is 0. The summed E-state index contributed by atoms with van der Waals surface area (Å²) in [5, 5.41) is 3.86. The Morgan fingerprint density at radius 2 is 1.71 bits per heavy atom. The summed E-state index contributed by atoms with van der Waals surface area (Å²) in [4.78, 5) is 22.7. The number of carbonyl (C=O) groups is 2. The fourth-order valence-corrected chi connectivity index (χ4v) is 1.94. The summed E-state index contributed by atoms with van der Waals surface area (Å²) < 4.78 is 0. The van der Waals surface area contributed by atoms with Crippen LogP contribution in [0.1, 0.15) is 0 Å².